The second-order valence-corrected chi connectivity index (χ2v) is 4.75. The minimum Gasteiger partial charge on any atom is -0.870 e. The van der Waals surface area contributed by atoms with Gasteiger partial charge in [-0.2, -0.15) is 8.42 Å². The number of hydrogen-bond acceptors (Lipinski definition) is 3. The average molecular weight is 233 g/mol. The third-order valence-electron chi connectivity index (χ3n) is 1.97. The summed E-state index contributed by atoms with van der Waals surface area (Å²) >= 11 is 0. The quantitative estimate of drug-likeness (QED) is 0.601. The van der Waals surface area contributed by atoms with Gasteiger partial charge in [-0.25, -0.2) is 4.57 Å². The maximum absolute atomic E-state index is 10.5. The molecule has 0 unspecified atom stereocenters. The van der Waals surface area contributed by atoms with Gasteiger partial charge in [0.2, 0.25) is 0 Å². The number of pyridine rings is 1. The van der Waals surface area contributed by atoms with Crippen molar-refractivity contribution in [3.05, 3.63) is 30.1 Å². The van der Waals surface area contributed by atoms with E-state index in [0.29, 0.717) is 13.0 Å². The normalized spacial score (nSPS) is 10.8. The van der Waals surface area contributed by atoms with Gasteiger partial charge in [-0.05, 0) is 0 Å². The largest absolute Gasteiger partial charge is 0.870 e. The third-order valence-corrected chi connectivity index (χ3v) is 2.77. The fourth-order valence-electron chi connectivity index (χ4n) is 1.23. The molecule has 0 atom stereocenters. The Morgan fingerprint density at radius 3 is 2.60 bits per heavy atom. The lowest BCUT2D eigenvalue weighted by atomic mass is 10.3. The standard InChI is InChI=1S/C9H13NO3S.H2O/c1-9-5-2-3-6-10(9)7-4-8-14(11,12)13;/h2-3,5-6H,4,7-8H2,1H3;1H2. The minimum atomic E-state index is -3.82. The van der Waals surface area contributed by atoms with Gasteiger partial charge >= 0.3 is 0 Å². The maximum atomic E-state index is 10.5. The van der Waals surface area contributed by atoms with Gasteiger partial charge in [-0.15, -0.1) is 0 Å². The van der Waals surface area contributed by atoms with Crippen molar-refractivity contribution in [3.8, 4) is 0 Å². The summed E-state index contributed by atoms with van der Waals surface area (Å²) in [7, 11) is -3.82. The first kappa shape index (κ1) is 14.0. The van der Waals surface area contributed by atoms with Crippen LogP contribution >= 0.6 is 0 Å². The van der Waals surface area contributed by atoms with E-state index in [9.17, 15) is 8.42 Å². The van der Waals surface area contributed by atoms with Gasteiger partial charge in [0.05, 0.1) is 5.75 Å². The van der Waals surface area contributed by atoms with Crippen molar-refractivity contribution in [2.24, 2.45) is 0 Å². The van der Waals surface area contributed by atoms with Gasteiger partial charge in [0.15, 0.2) is 11.9 Å². The van der Waals surface area contributed by atoms with E-state index in [4.69, 9.17) is 4.55 Å². The Kier molecular flexibility index (Phi) is 5.41. The Hall–Kier alpha value is -0.980. The monoisotopic (exact) mass is 233 g/mol. The lowest BCUT2D eigenvalue weighted by Crippen LogP contribution is -2.37. The van der Waals surface area contributed by atoms with Crippen LogP contribution in [0.2, 0.25) is 0 Å². The zero-order chi connectivity index (χ0) is 10.6. The van der Waals surface area contributed by atoms with Crippen molar-refractivity contribution < 1.29 is 23.0 Å². The fourth-order valence-corrected chi connectivity index (χ4v) is 1.72. The third kappa shape index (κ3) is 5.46. The number of nitrogens with zero attached hydrogens (tertiary/aromatic N) is 1. The molecule has 0 bridgehead atoms. The van der Waals surface area contributed by atoms with Crippen LogP contribution in [-0.2, 0) is 16.7 Å². The van der Waals surface area contributed by atoms with Crippen LogP contribution in [0.15, 0.2) is 24.4 Å². The molecule has 1 heterocycles. The highest BCUT2D eigenvalue weighted by Gasteiger charge is 2.08. The molecule has 86 valence electrons. The van der Waals surface area contributed by atoms with Crippen LogP contribution in [0.25, 0.3) is 0 Å². The zero-order valence-electron chi connectivity index (χ0n) is 8.50. The van der Waals surface area contributed by atoms with E-state index in [1.54, 1.807) is 0 Å². The number of aryl methyl sites for hydroxylation is 2. The van der Waals surface area contributed by atoms with Crippen molar-refractivity contribution in [1.29, 1.82) is 0 Å². The number of rotatable bonds is 4. The van der Waals surface area contributed by atoms with Crippen LogP contribution in [0.1, 0.15) is 12.1 Å². The summed E-state index contributed by atoms with van der Waals surface area (Å²) in [5.74, 6) is -0.186. The molecular weight excluding hydrogens is 218 g/mol. The molecule has 0 spiro atoms. The lowest BCUT2D eigenvalue weighted by Gasteiger charge is -1.98. The fraction of sp³-hybridized carbons (Fsp3) is 0.444. The SMILES string of the molecule is Cc1cccc[n+]1CCCS(=O)(=O)O.[OH-]. The van der Waals surface area contributed by atoms with E-state index in [0.717, 1.165) is 5.69 Å². The maximum Gasteiger partial charge on any atom is 0.265 e. The lowest BCUT2D eigenvalue weighted by molar-refractivity contribution is -0.702. The molecule has 0 saturated heterocycles. The van der Waals surface area contributed by atoms with Gasteiger partial charge < -0.3 is 5.48 Å². The first-order valence-electron chi connectivity index (χ1n) is 4.39. The molecule has 0 aliphatic rings. The molecule has 1 rings (SSSR count). The molecule has 5 nitrogen and oxygen atoms in total. The molecule has 0 radical (unpaired) electrons. The van der Waals surface area contributed by atoms with Gasteiger partial charge in [0.25, 0.3) is 10.1 Å². The van der Waals surface area contributed by atoms with Crippen LogP contribution < -0.4 is 4.57 Å². The Morgan fingerprint density at radius 2 is 2.07 bits per heavy atom. The van der Waals surface area contributed by atoms with Crippen LogP contribution in [0, 0.1) is 6.92 Å². The van der Waals surface area contributed by atoms with E-state index in [1.165, 1.54) is 0 Å². The van der Waals surface area contributed by atoms with E-state index >= 15 is 0 Å². The molecule has 0 aromatic carbocycles. The molecule has 6 heteroatoms. The van der Waals surface area contributed by atoms with Gasteiger partial charge in [-0.1, -0.05) is 6.07 Å². The highest BCUT2D eigenvalue weighted by molar-refractivity contribution is 7.85. The second kappa shape index (κ2) is 5.79. The van der Waals surface area contributed by atoms with Crippen LogP contribution in [0.3, 0.4) is 0 Å². The van der Waals surface area contributed by atoms with Crippen molar-refractivity contribution in [2.45, 2.75) is 19.9 Å². The summed E-state index contributed by atoms with van der Waals surface area (Å²) in [5.41, 5.74) is 1.07. The number of aromatic nitrogens is 1. The highest BCUT2D eigenvalue weighted by Crippen LogP contribution is 1.92. The Balaban J connectivity index is 0.00000196. The predicted molar refractivity (Wildman–Crippen MR) is 54.3 cm³/mol. The van der Waals surface area contributed by atoms with Gasteiger partial charge in [-0.3, -0.25) is 4.55 Å². The molecule has 0 fully saturated rings. The molecule has 1 aromatic heterocycles. The summed E-state index contributed by atoms with van der Waals surface area (Å²) in [6.45, 7) is 2.56. The summed E-state index contributed by atoms with van der Waals surface area (Å²) < 4.78 is 31.4. The second-order valence-electron chi connectivity index (χ2n) is 3.18. The van der Waals surface area contributed by atoms with Crippen LogP contribution in [-0.4, -0.2) is 24.2 Å². The van der Waals surface area contributed by atoms with E-state index in [1.807, 2.05) is 35.9 Å². The first-order chi connectivity index (χ1) is 6.49. The van der Waals surface area contributed by atoms with Crippen molar-refractivity contribution in [3.63, 3.8) is 0 Å². The summed E-state index contributed by atoms with van der Waals surface area (Å²) in [5, 5.41) is 0. The summed E-state index contributed by atoms with van der Waals surface area (Å²) in [4.78, 5) is 0. The molecule has 0 aliphatic heterocycles. The summed E-state index contributed by atoms with van der Waals surface area (Å²) in [6.07, 6.45) is 2.31. The Labute approximate surface area is 89.4 Å². The average Bonchev–Trinajstić information content (AvgIpc) is 2.06. The van der Waals surface area contributed by atoms with Gasteiger partial charge in [0, 0.05) is 25.5 Å². The van der Waals surface area contributed by atoms with Crippen LogP contribution in [0.4, 0.5) is 0 Å². The molecule has 0 aliphatic carbocycles. The Bertz CT molecular complexity index is 402. The first-order valence-corrected chi connectivity index (χ1v) is 6.00. The van der Waals surface area contributed by atoms with Crippen molar-refractivity contribution in [1.82, 2.24) is 0 Å². The van der Waals surface area contributed by atoms with Gasteiger partial charge in [0.1, 0.15) is 6.54 Å². The molecule has 1 aromatic rings. The predicted octanol–water partition coefficient (Wildman–Crippen LogP) is 0.384. The Morgan fingerprint density at radius 1 is 1.40 bits per heavy atom. The molecule has 0 amide bonds. The van der Waals surface area contributed by atoms with E-state index in [2.05, 4.69) is 0 Å². The van der Waals surface area contributed by atoms with Crippen molar-refractivity contribution >= 4 is 10.1 Å². The van der Waals surface area contributed by atoms with Crippen LogP contribution in [0.5, 0.6) is 0 Å². The summed E-state index contributed by atoms with van der Waals surface area (Å²) in [6, 6.07) is 5.77. The molecular formula is C9H15NO4S. The topological polar surface area (TPSA) is 88.2 Å². The zero-order valence-corrected chi connectivity index (χ0v) is 9.31. The molecule has 15 heavy (non-hydrogen) atoms. The highest BCUT2D eigenvalue weighted by atomic mass is 32.2. The van der Waals surface area contributed by atoms with E-state index < -0.39 is 10.1 Å². The minimum absolute atomic E-state index is 0. The van der Waals surface area contributed by atoms with Crippen molar-refractivity contribution in [2.75, 3.05) is 5.75 Å². The number of hydrogen-bond donors (Lipinski definition) is 1. The molecule has 0 saturated carbocycles. The van der Waals surface area contributed by atoms with E-state index in [-0.39, 0.29) is 11.2 Å². The molecule has 2 N–H and O–H groups in total. The smallest absolute Gasteiger partial charge is 0.265 e.